The Morgan fingerprint density at radius 1 is 0.952 bits per heavy atom. The van der Waals surface area contributed by atoms with Gasteiger partial charge in [-0.05, 0) is 46.3 Å². The molecule has 0 spiro atoms. The standard InChI is InChI=1S/C15H14BrCl2N3/c16-11-9-14(18)15(19-10-11)21-7-5-20(6-8-21)13-3-1-12(17)2-4-13/h1-4,9-10H,5-8H2. The molecular formula is C15H14BrCl2N3. The number of nitrogens with zero attached hydrogens (tertiary/aromatic N) is 3. The first-order chi connectivity index (χ1) is 10.1. The fourth-order valence-corrected chi connectivity index (χ4v) is 3.34. The zero-order valence-electron chi connectivity index (χ0n) is 11.3. The summed E-state index contributed by atoms with van der Waals surface area (Å²) in [7, 11) is 0. The van der Waals surface area contributed by atoms with Gasteiger partial charge < -0.3 is 9.80 Å². The van der Waals surface area contributed by atoms with Gasteiger partial charge in [0.2, 0.25) is 0 Å². The predicted octanol–water partition coefficient (Wildman–Crippen LogP) is 4.48. The minimum absolute atomic E-state index is 0.685. The van der Waals surface area contributed by atoms with Crippen molar-refractivity contribution in [3.63, 3.8) is 0 Å². The van der Waals surface area contributed by atoms with Crippen molar-refractivity contribution in [1.29, 1.82) is 0 Å². The lowest BCUT2D eigenvalue weighted by Gasteiger charge is -2.37. The molecule has 2 aromatic rings. The number of piperazine rings is 1. The molecule has 2 heterocycles. The van der Waals surface area contributed by atoms with Crippen molar-refractivity contribution in [2.24, 2.45) is 0 Å². The van der Waals surface area contributed by atoms with Crippen molar-refractivity contribution < 1.29 is 0 Å². The van der Waals surface area contributed by atoms with E-state index in [4.69, 9.17) is 23.2 Å². The monoisotopic (exact) mass is 385 g/mol. The molecule has 110 valence electrons. The van der Waals surface area contributed by atoms with Crippen LogP contribution >= 0.6 is 39.1 Å². The molecule has 0 bridgehead atoms. The normalized spacial score (nSPS) is 15.4. The maximum Gasteiger partial charge on any atom is 0.147 e. The maximum absolute atomic E-state index is 6.27. The van der Waals surface area contributed by atoms with Gasteiger partial charge >= 0.3 is 0 Å². The highest BCUT2D eigenvalue weighted by Crippen LogP contribution is 2.28. The fraction of sp³-hybridized carbons (Fsp3) is 0.267. The molecule has 0 N–H and O–H groups in total. The molecule has 0 unspecified atom stereocenters. The first-order valence-electron chi connectivity index (χ1n) is 6.70. The van der Waals surface area contributed by atoms with E-state index < -0.39 is 0 Å². The average Bonchev–Trinajstić information content (AvgIpc) is 2.48. The number of anilines is 2. The zero-order chi connectivity index (χ0) is 14.8. The molecule has 3 nitrogen and oxygen atoms in total. The highest BCUT2D eigenvalue weighted by atomic mass is 79.9. The van der Waals surface area contributed by atoms with Gasteiger partial charge in [-0.15, -0.1) is 0 Å². The topological polar surface area (TPSA) is 19.4 Å². The highest BCUT2D eigenvalue weighted by Gasteiger charge is 2.20. The van der Waals surface area contributed by atoms with Crippen molar-refractivity contribution in [3.05, 3.63) is 51.0 Å². The molecule has 1 aliphatic rings. The number of hydrogen-bond donors (Lipinski definition) is 0. The van der Waals surface area contributed by atoms with Gasteiger partial charge in [0, 0.05) is 47.6 Å². The van der Waals surface area contributed by atoms with Gasteiger partial charge in [-0.3, -0.25) is 0 Å². The summed E-state index contributed by atoms with van der Waals surface area (Å²) in [6.07, 6.45) is 1.78. The molecular weight excluding hydrogens is 373 g/mol. The van der Waals surface area contributed by atoms with E-state index in [1.807, 2.05) is 18.2 Å². The molecule has 1 aromatic carbocycles. The van der Waals surface area contributed by atoms with Gasteiger partial charge in [-0.1, -0.05) is 23.2 Å². The number of aromatic nitrogens is 1. The second-order valence-electron chi connectivity index (χ2n) is 4.91. The number of hydrogen-bond acceptors (Lipinski definition) is 3. The third kappa shape index (κ3) is 3.44. The Labute approximate surface area is 142 Å². The number of pyridine rings is 1. The van der Waals surface area contributed by atoms with E-state index in [1.54, 1.807) is 6.20 Å². The summed E-state index contributed by atoms with van der Waals surface area (Å²) in [6, 6.07) is 9.86. The summed E-state index contributed by atoms with van der Waals surface area (Å²) < 4.78 is 0.899. The Bertz CT molecular complexity index is 625. The summed E-state index contributed by atoms with van der Waals surface area (Å²) in [6.45, 7) is 3.68. The molecule has 0 aliphatic carbocycles. The van der Waals surface area contributed by atoms with E-state index in [9.17, 15) is 0 Å². The van der Waals surface area contributed by atoms with Gasteiger partial charge in [0.05, 0.1) is 5.02 Å². The molecule has 1 fully saturated rings. The predicted molar refractivity (Wildman–Crippen MR) is 92.8 cm³/mol. The molecule has 21 heavy (non-hydrogen) atoms. The Morgan fingerprint density at radius 2 is 1.57 bits per heavy atom. The summed E-state index contributed by atoms with van der Waals surface area (Å²) in [5.41, 5.74) is 1.20. The summed E-state index contributed by atoms with van der Waals surface area (Å²) in [5.74, 6) is 0.857. The third-order valence-electron chi connectivity index (χ3n) is 3.56. The highest BCUT2D eigenvalue weighted by molar-refractivity contribution is 9.10. The molecule has 0 amide bonds. The van der Waals surface area contributed by atoms with Crippen LogP contribution in [0.15, 0.2) is 41.0 Å². The van der Waals surface area contributed by atoms with E-state index in [-0.39, 0.29) is 0 Å². The summed E-state index contributed by atoms with van der Waals surface area (Å²) in [5, 5.41) is 1.45. The number of benzene rings is 1. The minimum Gasteiger partial charge on any atom is -0.368 e. The van der Waals surface area contributed by atoms with E-state index in [0.29, 0.717) is 5.02 Å². The first-order valence-corrected chi connectivity index (χ1v) is 8.25. The van der Waals surface area contributed by atoms with Crippen molar-refractivity contribution in [1.82, 2.24) is 4.98 Å². The smallest absolute Gasteiger partial charge is 0.147 e. The van der Waals surface area contributed by atoms with Crippen LogP contribution in [0, 0.1) is 0 Å². The van der Waals surface area contributed by atoms with Crippen LogP contribution < -0.4 is 9.80 Å². The van der Waals surface area contributed by atoms with Crippen LogP contribution in [-0.4, -0.2) is 31.2 Å². The van der Waals surface area contributed by atoms with Crippen LogP contribution in [0.2, 0.25) is 10.0 Å². The van der Waals surface area contributed by atoms with Crippen LogP contribution in [0.25, 0.3) is 0 Å². The Kier molecular flexibility index (Phi) is 4.57. The zero-order valence-corrected chi connectivity index (χ0v) is 14.4. The molecule has 1 saturated heterocycles. The Hall–Kier alpha value is -0.970. The second-order valence-corrected chi connectivity index (χ2v) is 6.67. The maximum atomic E-state index is 6.27. The van der Waals surface area contributed by atoms with Gasteiger partial charge in [0.15, 0.2) is 0 Å². The Morgan fingerprint density at radius 3 is 2.19 bits per heavy atom. The minimum atomic E-state index is 0.685. The quantitative estimate of drug-likeness (QED) is 0.758. The largest absolute Gasteiger partial charge is 0.368 e. The molecule has 1 aliphatic heterocycles. The number of halogens is 3. The van der Waals surface area contributed by atoms with Gasteiger partial charge in [0.25, 0.3) is 0 Å². The summed E-state index contributed by atoms with van der Waals surface area (Å²) >= 11 is 15.6. The van der Waals surface area contributed by atoms with Gasteiger partial charge in [-0.2, -0.15) is 0 Å². The van der Waals surface area contributed by atoms with Crippen LogP contribution in [-0.2, 0) is 0 Å². The molecule has 1 aromatic heterocycles. The molecule has 0 atom stereocenters. The van der Waals surface area contributed by atoms with E-state index in [2.05, 4.69) is 42.8 Å². The van der Waals surface area contributed by atoms with Crippen molar-refractivity contribution in [2.45, 2.75) is 0 Å². The lowest BCUT2D eigenvalue weighted by molar-refractivity contribution is 0.647. The van der Waals surface area contributed by atoms with E-state index >= 15 is 0 Å². The van der Waals surface area contributed by atoms with E-state index in [0.717, 1.165) is 41.5 Å². The molecule has 3 rings (SSSR count). The molecule has 0 radical (unpaired) electrons. The molecule has 6 heteroatoms. The van der Waals surface area contributed by atoms with Crippen LogP contribution in [0.5, 0.6) is 0 Å². The van der Waals surface area contributed by atoms with Gasteiger partial charge in [0.1, 0.15) is 5.82 Å². The second kappa shape index (κ2) is 6.42. The SMILES string of the molecule is Clc1ccc(N2CCN(c3ncc(Br)cc3Cl)CC2)cc1. The van der Waals surface area contributed by atoms with Crippen molar-refractivity contribution in [2.75, 3.05) is 36.0 Å². The summed E-state index contributed by atoms with van der Waals surface area (Å²) in [4.78, 5) is 8.99. The van der Waals surface area contributed by atoms with Crippen LogP contribution in [0.3, 0.4) is 0 Å². The van der Waals surface area contributed by atoms with Gasteiger partial charge in [-0.25, -0.2) is 4.98 Å². The molecule has 0 saturated carbocycles. The van der Waals surface area contributed by atoms with Crippen molar-refractivity contribution >= 4 is 50.6 Å². The first kappa shape index (κ1) is 14.9. The fourth-order valence-electron chi connectivity index (χ4n) is 2.47. The lowest BCUT2D eigenvalue weighted by Crippen LogP contribution is -2.46. The third-order valence-corrected chi connectivity index (χ3v) is 4.52. The Balaban J connectivity index is 1.68. The lowest BCUT2D eigenvalue weighted by atomic mass is 10.2. The van der Waals surface area contributed by atoms with Crippen LogP contribution in [0.4, 0.5) is 11.5 Å². The van der Waals surface area contributed by atoms with E-state index in [1.165, 1.54) is 5.69 Å². The number of rotatable bonds is 2. The van der Waals surface area contributed by atoms with Crippen molar-refractivity contribution in [3.8, 4) is 0 Å². The average molecular weight is 387 g/mol. The van der Waals surface area contributed by atoms with Crippen LogP contribution in [0.1, 0.15) is 0 Å².